The van der Waals surface area contributed by atoms with Crippen molar-refractivity contribution in [2.24, 2.45) is 5.73 Å². The Kier molecular flexibility index (Phi) is 4.28. The summed E-state index contributed by atoms with van der Waals surface area (Å²) in [5, 5.41) is 12.2. The lowest BCUT2D eigenvalue weighted by Gasteiger charge is -2.11. The molecule has 0 heterocycles. The predicted molar refractivity (Wildman–Crippen MR) is 84.1 cm³/mol. The van der Waals surface area contributed by atoms with E-state index in [9.17, 15) is 9.59 Å². The second kappa shape index (κ2) is 5.97. The summed E-state index contributed by atoms with van der Waals surface area (Å²) in [6.07, 6.45) is 0. The summed E-state index contributed by atoms with van der Waals surface area (Å²) >= 11 is 3.35. The Hall–Kier alpha value is -2.34. The van der Waals surface area contributed by atoms with Crippen molar-refractivity contribution in [2.75, 3.05) is 5.32 Å². The van der Waals surface area contributed by atoms with E-state index in [0.717, 1.165) is 0 Å². The third-order valence-electron chi connectivity index (χ3n) is 3.00. The molecular formula is C15H13BrN2O3. The van der Waals surface area contributed by atoms with Gasteiger partial charge in [-0.2, -0.15) is 0 Å². The fourth-order valence-electron chi connectivity index (χ4n) is 1.86. The van der Waals surface area contributed by atoms with E-state index >= 15 is 0 Å². The molecule has 108 valence electrons. The van der Waals surface area contributed by atoms with Gasteiger partial charge in [-0.15, -0.1) is 0 Å². The van der Waals surface area contributed by atoms with E-state index in [0.29, 0.717) is 27.0 Å². The number of anilines is 2. The summed E-state index contributed by atoms with van der Waals surface area (Å²) in [6.45, 7) is 1.74. The van der Waals surface area contributed by atoms with Gasteiger partial charge in [-0.1, -0.05) is 6.07 Å². The molecule has 0 atom stereocenters. The maximum atomic E-state index is 11.1. The van der Waals surface area contributed by atoms with Crippen LogP contribution in [0.4, 0.5) is 11.4 Å². The number of carbonyl (C=O) groups is 2. The number of aryl methyl sites for hydroxylation is 1. The van der Waals surface area contributed by atoms with Crippen molar-refractivity contribution < 1.29 is 14.7 Å². The maximum Gasteiger partial charge on any atom is 0.336 e. The van der Waals surface area contributed by atoms with Crippen molar-refractivity contribution in [1.29, 1.82) is 0 Å². The zero-order valence-electron chi connectivity index (χ0n) is 11.2. The lowest BCUT2D eigenvalue weighted by molar-refractivity contribution is 0.0696. The number of carboxylic acid groups (broad SMARTS) is 1. The molecule has 0 bridgehead atoms. The van der Waals surface area contributed by atoms with Gasteiger partial charge in [0.05, 0.1) is 11.3 Å². The molecule has 0 fully saturated rings. The Morgan fingerprint density at radius 3 is 2.48 bits per heavy atom. The predicted octanol–water partition coefficient (Wildman–Crippen LogP) is 3.30. The summed E-state index contributed by atoms with van der Waals surface area (Å²) < 4.78 is 0.663. The Labute approximate surface area is 129 Å². The van der Waals surface area contributed by atoms with Gasteiger partial charge in [-0.25, -0.2) is 4.79 Å². The van der Waals surface area contributed by atoms with Gasteiger partial charge < -0.3 is 16.2 Å². The van der Waals surface area contributed by atoms with E-state index in [1.165, 1.54) is 0 Å². The molecule has 2 aromatic carbocycles. The summed E-state index contributed by atoms with van der Waals surface area (Å²) in [7, 11) is 0. The van der Waals surface area contributed by atoms with Gasteiger partial charge in [0.1, 0.15) is 0 Å². The van der Waals surface area contributed by atoms with Crippen LogP contribution >= 0.6 is 15.9 Å². The second-order valence-corrected chi connectivity index (χ2v) is 5.37. The number of hydrogen-bond donors (Lipinski definition) is 3. The van der Waals surface area contributed by atoms with Crippen molar-refractivity contribution in [3.63, 3.8) is 0 Å². The van der Waals surface area contributed by atoms with Gasteiger partial charge in [0.2, 0.25) is 5.91 Å². The quantitative estimate of drug-likeness (QED) is 0.790. The minimum atomic E-state index is -0.973. The molecule has 0 aliphatic heterocycles. The van der Waals surface area contributed by atoms with Crippen LogP contribution < -0.4 is 11.1 Å². The number of primary amides is 1. The molecule has 0 aliphatic rings. The molecule has 6 heteroatoms. The third kappa shape index (κ3) is 3.41. The van der Waals surface area contributed by atoms with E-state index in [1.807, 2.05) is 0 Å². The molecule has 0 unspecified atom stereocenters. The van der Waals surface area contributed by atoms with Crippen LogP contribution in [0.2, 0.25) is 0 Å². The smallest absolute Gasteiger partial charge is 0.336 e. The van der Waals surface area contributed by atoms with Gasteiger partial charge in [-0.3, -0.25) is 4.79 Å². The summed E-state index contributed by atoms with van der Waals surface area (Å²) in [5.74, 6) is -1.48. The van der Waals surface area contributed by atoms with Gasteiger partial charge >= 0.3 is 5.97 Å². The zero-order valence-corrected chi connectivity index (χ0v) is 12.8. The fourth-order valence-corrected chi connectivity index (χ4v) is 2.33. The lowest BCUT2D eigenvalue weighted by atomic mass is 10.1. The van der Waals surface area contributed by atoms with Crippen LogP contribution in [0.25, 0.3) is 0 Å². The largest absolute Gasteiger partial charge is 0.478 e. The molecule has 0 aromatic heterocycles. The number of carbonyl (C=O) groups excluding carboxylic acids is 1. The van der Waals surface area contributed by atoms with Crippen LogP contribution in [0, 0.1) is 6.92 Å². The number of rotatable bonds is 4. The van der Waals surface area contributed by atoms with Crippen molar-refractivity contribution in [3.8, 4) is 0 Å². The highest BCUT2D eigenvalue weighted by Gasteiger charge is 2.09. The number of carboxylic acids is 1. The van der Waals surface area contributed by atoms with E-state index in [2.05, 4.69) is 21.2 Å². The standard InChI is InChI=1S/C15H13BrN2O3/c1-8-2-4-10(7-11(8)15(20)21)18-13-5-3-9(14(17)19)6-12(13)16/h2-7,18H,1H3,(H2,17,19)(H,20,21). The minimum Gasteiger partial charge on any atom is -0.478 e. The lowest BCUT2D eigenvalue weighted by Crippen LogP contribution is -2.10. The molecule has 4 N–H and O–H groups in total. The maximum absolute atomic E-state index is 11.1. The molecule has 0 saturated carbocycles. The van der Waals surface area contributed by atoms with Crippen molar-refractivity contribution in [2.45, 2.75) is 6.92 Å². The van der Waals surface area contributed by atoms with Crippen LogP contribution in [-0.2, 0) is 0 Å². The van der Waals surface area contributed by atoms with Crippen molar-refractivity contribution >= 4 is 39.2 Å². The van der Waals surface area contributed by atoms with Gasteiger partial charge in [0.15, 0.2) is 0 Å². The number of aromatic carboxylic acids is 1. The molecule has 5 nitrogen and oxygen atoms in total. The van der Waals surface area contributed by atoms with Crippen molar-refractivity contribution in [1.82, 2.24) is 0 Å². The summed E-state index contributed by atoms with van der Waals surface area (Å²) in [4.78, 5) is 22.2. The monoisotopic (exact) mass is 348 g/mol. The highest BCUT2D eigenvalue weighted by Crippen LogP contribution is 2.27. The number of hydrogen-bond acceptors (Lipinski definition) is 3. The fraction of sp³-hybridized carbons (Fsp3) is 0.0667. The van der Waals surface area contributed by atoms with Crippen LogP contribution in [0.1, 0.15) is 26.3 Å². The number of halogens is 1. The first kappa shape index (κ1) is 15.1. The SMILES string of the molecule is Cc1ccc(Nc2ccc(C(N)=O)cc2Br)cc1C(=O)O. The van der Waals surface area contributed by atoms with Crippen LogP contribution in [0.3, 0.4) is 0 Å². The van der Waals surface area contributed by atoms with E-state index in [1.54, 1.807) is 43.3 Å². The molecule has 1 amide bonds. The van der Waals surface area contributed by atoms with E-state index < -0.39 is 11.9 Å². The molecule has 21 heavy (non-hydrogen) atoms. The third-order valence-corrected chi connectivity index (χ3v) is 3.66. The highest BCUT2D eigenvalue weighted by atomic mass is 79.9. The first-order chi connectivity index (χ1) is 9.88. The molecule has 0 spiro atoms. The highest BCUT2D eigenvalue weighted by molar-refractivity contribution is 9.10. The number of nitrogens with two attached hydrogens (primary N) is 1. The van der Waals surface area contributed by atoms with Crippen molar-refractivity contribution in [3.05, 3.63) is 57.6 Å². The van der Waals surface area contributed by atoms with E-state index in [-0.39, 0.29) is 5.56 Å². The Balaban J connectivity index is 2.32. The van der Waals surface area contributed by atoms with Gasteiger partial charge in [0, 0.05) is 15.7 Å². The number of amides is 1. The first-order valence-electron chi connectivity index (χ1n) is 6.09. The number of benzene rings is 2. The normalized spacial score (nSPS) is 10.2. The molecular weight excluding hydrogens is 336 g/mol. The molecule has 2 rings (SSSR count). The van der Waals surface area contributed by atoms with Crippen LogP contribution in [-0.4, -0.2) is 17.0 Å². The molecule has 0 saturated heterocycles. The van der Waals surface area contributed by atoms with Crippen LogP contribution in [0.5, 0.6) is 0 Å². The van der Waals surface area contributed by atoms with E-state index in [4.69, 9.17) is 10.8 Å². The molecule has 2 aromatic rings. The topological polar surface area (TPSA) is 92.4 Å². The van der Waals surface area contributed by atoms with Gasteiger partial charge in [0.25, 0.3) is 0 Å². The Morgan fingerprint density at radius 1 is 1.19 bits per heavy atom. The average molecular weight is 349 g/mol. The average Bonchev–Trinajstić information content (AvgIpc) is 2.42. The molecule has 0 radical (unpaired) electrons. The van der Waals surface area contributed by atoms with Crippen LogP contribution in [0.15, 0.2) is 40.9 Å². The Morgan fingerprint density at radius 2 is 1.90 bits per heavy atom. The number of nitrogens with one attached hydrogen (secondary N) is 1. The zero-order chi connectivity index (χ0) is 15.6. The van der Waals surface area contributed by atoms with Gasteiger partial charge in [-0.05, 0) is 58.7 Å². The molecule has 0 aliphatic carbocycles. The Bertz CT molecular complexity index is 729. The second-order valence-electron chi connectivity index (χ2n) is 4.52. The summed E-state index contributed by atoms with van der Waals surface area (Å²) in [5.41, 5.74) is 7.88. The first-order valence-corrected chi connectivity index (χ1v) is 6.88. The minimum absolute atomic E-state index is 0.241. The summed E-state index contributed by atoms with van der Waals surface area (Å²) in [6, 6.07) is 9.99.